The summed E-state index contributed by atoms with van der Waals surface area (Å²) in [7, 11) is 0. The molecule has 2 heterocycles. The second kappa shape index (κ2) is 8.30. The zero-order valence-electron chi connectivity index (χ0n) is 18.8. The molecule has 0 aromatic carbocycles. The molecule has 0 spiro atoms. The highest BCUT2D eigenvalue weighted by Gasteiger charge is 2.53. The van der Waals surface area contributed by atoms with Crippen LogP contribution < -0.4 is 5.32 Å². The van der Waals surface area contributed by atoms with Gasteiger partial charge in [-0.25, -0.2) is 0 Å². The van der Waals surface area contributed by atoms with Crippen LogP contribution in [-0.4, -0.2) is 32.5 Å². The van der Waals surface area contributed by atoms with E-state index in [1.165, 1.54) is 50.3 Å². The lowest BCUT2D eigenvalue weighted by atomic mass is 9.48. The topological polar surface area (TPSA) is 73.0 Å². The highest BCUT2D eigenvalue weighted by atomic mass is 32.2. The number of nitrogens with one attached hydrogen (secondary N) is 1. The average molecular weight is 443 g/mol. The maximum Gasteiger partial charge on any atom is 0.230 e. The number of furan rings is 1. The number of hydrogen-bond donors (Lipinski definition) is 1. The lowest BCUT2D eigenvalue weighted by Gasteiger charge is -2.59. The average Bonchev–Trinajstić information content (AvgIpc) is 3.35. The van der Waals surface area contributed by atoms with Crippen LogP contribution in [0, 0.1) is 29.1 Å². The first kappa shape index (κ1) is 21.1. The van der Waals surface area contributed by atoms with E-state index in [9.17, 15) is 4.79 Å². The summed E-state index contributed by atoms with van der Waals surface area (Å²) < 4.78 is 7.61. The molecule has 6 rings (SSSR count). The molecule has 1 unspecified atom stereocenters. The molecule has 1 N–H and O–H groups in total. The predicted molar refractivity (Wildman–Crippen MR) is 121 cm³/mol. The Morgan fingerprint density at radius 1 is 1.19 bits per heavy atom. The highest BCUT2D eigenvalue weighted by molar-refractivity contribution is 7.99. The summed E-state index contributed by atoms with van der Waals surface area (Å²) >= 11 is 1.47. The number of thioether (sulfide) groups is 1. The van der Waals surface area contributed by atoms with E-state index in [2.05, 4.69) is 40.9 Å². The smallest absolute Gasteiger partial charge is 0.230 e. The molecule has 7 heteroatoms. The van der Waals surface area contributed by atoms with Crippen molar-refractivity contribution in [2.45, 2.75) is 77.0 Å². The summed E-state index contributed by atoms with van der Waals surface area (Å²) in [5, 5.41) is 12.9. The Morgan fingerprint density at radius 2 is 1.87 bits per heavy atom. The number of aromatic nitrogens is 3. The molecule has 4 aliphatic rings. The van der Waals surface area contributed by atoms with Crippen LogP contribution in [0.15, 0.2) is 28.0 Å². The van der Waals surface area contributed by atoms with Crippen LogP contribution in [0.25, 0.3) is 11.6 Å². The molecular formula is C24H34N4O2S. The minimum absolute atomic E-state index is 0.104. The van der Waals surface area contributed by atoms with Crippen LogP contribution in [0.1, 0.15) is 59.3 Å². The molecule has 0 aliphatic heterocycles. The van der Waals surface area contributed by atoms with Crippen molar-refractivity contribution in [2.24, 2.45) is 29.1 Å². The maximum atomic E-state index is 12.9. The molecule has 4 saturated carbocycles. The molecule has 1 atom stereocenters. The summed E-state index contributed by atoms with van der Waals surface area (Å²) in [5.41, 5.74) is 0.333. The molecular weight excluding hydrogens is 408 g/mol. The first-order valence-corrected chi connectivity index (χ1v) is 12.8. The summed E-state index contributed by atoms with van der Waals surface area (Å²) in [6, 6.07) is 4.01. The Labute approximate surface area is 188 Å². The van der Waals surface area contributed by atoms with Gasteiger partial charge in [-0.05, 0) is 86.7 Å². The number of amides is 1. The molecule has 2 aromatic heterocycles. The summed E-state index contributed by atoms with van der Waals surface area (Å²) in [4.78, 5) is 12.9. The summed E-state index contributed by atoms with van der Waals surface area (Å²) in [6.07, 6.45) is 9.86. The van der Waals surface area contributed by atoms with Crippen LogP contribution in [0.5, 0.6) is 0 Å². The van der Waals surface area contributed by atoms with Crippen molar-refractivity contribution >= 4 is 17.7 Å². The van der Waals surface area contributed by atoms with E-state index in [0.717, 1.165) is 35.3 Å². The number of rotatable bonds is 8. The zero-order valence-corrected chi connectivity index (χ0v) is 19.7. The third-order valence-electron chi connectivity index (χ3n) is 7.72. The molecule has 0 saturated heterocycles. The van der Waals surface area contributed by atoms with Crippen molar-refractivity contribution in [3.05, 3.63) is 18.4 Å². The van der Waals surface area contributed by atoms with Crippen molar-refractivity contribution < 1.29 is 9.21 Å². The summed E-state index contributed by atoms with van der Waals surface area (Å²) in [5.74, 6) is 5.04. The van der Waals surface area contributed by atoms with E-state index in [1.54, 1.807) is 6.26 Å². The Bertz CT molecular complexity index is 885. The van der Waals surface area contributed by atoms with E-state index in [1.807, 2.05) is 12.1 Å². The summed E-state index contributed by atoms with van der Waals surface area (Å²) in [6.45, 7) is 7.36. The van der Waals surface area contributed by atoms with Crippen LogP contribution in [-0.2, 0) is 11.3 Å². The van der Waals surface area contributed by atoms with Gasteiger partial charge in [-0.3, -0.25) is 9.36 Å². The van der Waals surface area contributed by atoms with Crippen molar-refractivity contribution in [2.75, 3.05) is 5.75 Å². The van der Waals surface area contributed by atoms with Crippen molar-refractivity contribution in [1.29, 1.82) is 0 Å². The molecule has 4 fully saturated rings. The van der Waals surface area contributed by atoms with Crippen LogP contribution >= 0.6 is 11.8 Å². The number of hydrogen-bond acceptors (Lipinski definition) is 5. The Morgan fingerprint density at radius 3 is 2.45 bits per heavy atom. The zero-order chi connectivity index (χ0) is 21.6. The molecule has 1 amide bonds. The first-order valence-electron chi connectivity index (χ1n) is 11.8. The molecule has 31 heavy (non-hydrogen) atoms. The molecule has 2 aromatic rings. The minimum atomic E-state index is 0.104. The Balaban J connectivity index is 1.23. The van der Waals surface area contributed by atoms with Gasteiger partial charge in [-0.2, -0.15) is 0 Å². The number of carbonyl (C=O) groups excluding carboxylic acids is 1. The van der Waals surface area contributed by atoms with Gasteiger partial charge in [0.05, 0.1) is 12.0 Å². The van der Waals surface area contributed by atoms with Crippen molar-refractivity contribution in [1.82, 2.24) is 20.1 Å². The molecule has 4 aliphatic carbocycles. The van der Waals surface area contributed by atoms with E-state index in [4.69, 9.17) is 4.42 Å². The fourth-order valence-corrected chi connectivity index (χ4v) is 7.55. The van der Waals surface area contributed by atoms with Crippen molar-refractivity contribution in [3.63, 3.8) is 0 Å². The van der Waals surface area contributed by atoms with Gasteiger partial charge in [-0.15, -0.1) is 10.2 Å². The fourth-order valence-electron chi connectivity index (χ4n) is 6.79. The van der Waals surface area contributed by atoms with Gasteiger partial charge in [0.1, 0.15) is 0 Å². The molecule has 0 radical (unpaired) electrons. The lowest BCUT2D eigenvalue weighted by Crippen LogP contribution is -2.56. The van der Waals surface area contributed by atoms with E-state index < -0.39 is 0 Å². The van der Waals surface area contributed by atoms with Gasteiger partial charge in [0.25, 0.3) is 0 Å². The Hall–Kier alpha value is -1.76. The second-order valence-corrected chi connectivity index (χ2v) is 11.6. The largest absolute Gasteiger partial charge is 0.461 e. The normalized spacial score (nSPS) is 30.1. The van der Waals surface area contributed by atoms with Crippen LogP contribution in [0.3, 0.4) is 0 Å². The third-order valence-corrected chi connectivity index (χ3v) is 8.69. The number of nitrogens with zero attached hydrogens (tertiary/aromatic N) is 3. The van der Waals surface area contributed by atoms with Crippen molar-refractivity contribution in [3.8, 4) is 11.6 Å². The molecule has 4 bridgehead atoms. The van der Waals surface area contributed by atoms with E-state index in [0.29, 0.717) is 22.8 Å². The first-order chi connectivity index (χ1) is 14.9. The van der Waals surface area contributed by atoms with Gasteiger partial charge in [0, 0.05) is 12.6 Å². The third kappa shape index (κ3) is 4.18. The molecule has 168 valence electrons. The maximum absolute atomic E-state index is 12.9. The Kier molecular flexibility index (Phi) is 5.65. The van der Waals surface area contributed by atoms with Gasteiger partial charge < -0.3 is 9.73 Å². The van der Waals surface area contributed by atoms with Gasteiger partial charge in [0.2, 0.25) is 5.91 Å². The SMILES string of the molecule is CC(C)Cn1c(SCC(=O)NC(C)C23CC4CC(CC(C4)C2)C3)nnc1-c1ccco1. The lowest BCUT2D eigenvalue weighted by molar-refractivity contribution is -0.123. The highest BCUT2D eigenvalue weighted by Crippen LogP contribution is 2.61. The monoisotopic (exact) mass is 442 g/mol. The standard InChI is InChI=1S/C24H34N4O2S/c1-15(2)13-28-22(20-5-4-6-30-20)26-27-23(28)31-14-21(29)25-16(3)24-10-17-7-18(11-24)9-19(8-17)12-24/h4-6,15-19H,7-14H2,1-3H3,(H,25,29). The van der Waals surface area contributed by atoms with E-state index >= 15 is 0 Å². The van der Waals surface area contributed by atoms with Crippen LogP contribution in [0.2, 0.25) is 0 Å². The fraction of sp³-hybridized carbons (Fsp3) is 0.708. The van der Waals surface area contributed by atoms with Gasteiger partial charge in [-0.1, -0.05) is 25.6 Å². The van der Waals surface area contributed by atoms with Gasteiger partial charge in [0.15, 0.2) is 16.7 Å². The van der Waals surface area contributed by atoms with Gasteiger partial charge >= 0.3 is 0 Å². The second-order valence-electron chi connectivity index (χ2n) is 10.6. The van der Waals surface area contributed by atoms with Crippen LogP contribution in [0.4, 0.5) is 0 Å². The number of carbonyl (C=O) groups is 1. The predicted octanol–water partition coefficient (Wildman–Crippen LogP) is 5.01. The quantitative estimate of drug-likeness (QED) is 0.582. The van der Waals surface area contributed by atoms with E-state index in [-0.39, 0.29) is 11.9 Å². The molecule has 6 nitrogen and oxygen atoms in total. The minimum Gasteiger partial charge on any atom is -0.461 e.